The van der Waals surface area contributed by atoms with Crippen molar-refractivity contribution in [2.45, 2.75) is 32.2 Å². The lowest BCUT2D eigenvalue weighted by atomic mass is 10.0. The van der Waals surface area contributed by atoms with Crippen molar-refractivity contribution in [3.8, 4) is 0 Å². The highest BCUT2D eigenvalue weighted by atomic mass is 79.9. The molecule has 0 bridgehead atoms. The first-order valence-electron chi connectivity index (χ1n) is 5.60. The molecule has 0 aromatic heterocycles. The van der Waals surface area contributed by atoms with Crippen LogP contribution in [0.25, 0.3) is 0 Å². The molecule has 1 rings (SSSR count). The molecule has 4 nitrogen and oxygen atoms in total. The van der Waals surface area contributed by atoms with Gasteiger partial charge in [0, 0.05) is 10.9 Å². The zero-order valence-corrected chi connectivity index (χ0v) is 12.0. The summed E-state index contributed by atoms with van der Waals surface area (Å²) in [5.74, 6) is -1.30. The van der Waals surface area contributed by atoms with E-state index >= 15 is 0 Å². The fourth-order valence-electron chi connectivity index (χ4n) is 1.37. The summed E-state index contributed by atoms with van der Waals surface area (Å²) in [5, 5.41) is 11.4. The summed E-state index contributed by atoms with van der Waals surface area (Å²) in [4.78, 5) is 22.5. The number of rotatable bonds is 5. The molecule has 0 radical (unpaired) electrons. The lowest BCUT2D eigenvalue weighted by Crippen LogP contribution is -2.49. The van der Waals surface area contributed by atoms with E-state index in [2.05, 4.69) is 21.2 Å². The van der Waals surface area contributed by atoms with Gasteiger partial charge < -0.3 is 10.4 Å². The molecular weight excluding hydrogens is 298 g/mol. The monoisotopic (exact) mass is 313 g/mol. The normalized spacial score (nSPS) is 11.1. The highest BCUT2D eigenvalue weighted by Crippen LogP contribution is 2.12. The third-order valence-electron chi connectivity index (χ3n) is 2.54. The van der Waals surface area contributed by atoms with Gasteiger partial charge in [0.05, 0.1) is 0 Å². The zero-order chi connectivity index (χ0) is 13.8. The molecule has 0 aliphatic heterocycles. The molecule has 0 aliphatic rings. The average Bonchev–Trinajstić information content (AvgIpc) is 2.27. The minimum atomic E-state index is -1.23. The molecule has 0 saturated carbocycles. The van der Waals surface area contributed by atoms with Gasteiger partial charge in [-0.3, -0.25) is 4.79 Å². The second-order valence-electron chi connectivity index (χ2n) is 4.60. The highest BCUT2D eigenvalue weighted by Gasteiger charge is 2.28. The summed E-state index contributed by atoms with van der Waals surface area (Å²) in [5.41, 5.74) is -0.182. The van der Waals surface area contributed by atoms with E-state index in [0.29, 0.717) is 6.42 Å². The number of halogens is 1. The standard InChI is InChI=1S/C13H16BrNO3/c1-13(2,12(17)18)15-11(16)8-5-9-3-6-10(14)7-4-9/h3-4,6-7H,5,8H2,1-2H3,(H,15,16)(H,17,18). The van der Waals surface area contributed by atoms with Crippen LogP contribution in [0, 0.1) is 0 Å². The highest BCUT2D eigenvalue weighted by molar-refractivity contribution is 9.10. The second kappa shape index (κ2) is 6.00. The molecule has 0 fully saturated rings. The molecule has 1 amide bonds. The number of hydrogen-bond donors (Lipinski definition) is 2. The number of aryl methyl sites for hydroxylation is 1. The van der Waals surface area contributed by atoms with Crippen molar-refractivity contribution >= 4 is 27.8 Å². The van der Waals surface area contributed by atoms with Crippen LogP contribution in [0.3, 0.4) is 0 Å². The molecule has 2 N–H and O–H groups in total. The number of carbonyl (C=O) groups is 2. The number of carboxylic acids is 1. The molecule has 98 valence electrons. The van der Waals surface area contributed by atoms with Gasteiger partial charge in [0.25, 0.3) is 0 Å². The smallest absolute Gasteiger partial charge is 0.328 e. The number of amides is 1. The molecule has 0 saturated heterocycles. The van der Waals surface area contributed by atoms with Crippen LogP contribution in [0.15, 0.2) is 28.7 Å². The van der Waals surface area contributed by atoms with Crippen molar-refractivity contribution in [3.05, 3.63) is 34.3 Å². The maximum Gasteiger partial charge on any atom is 0.328 e. The molecule has 5 heteroatoms. The Balaban J connectivity index is 2.47. The lowest BCUT2D eigenvalue weighted by molar-refractivity contribution is -0.146. The summed E-state index contributed by atoms with van der Waals surface area (Å²) in [7, 11) is 0. The first-order chi connectivity index (χ1) is 8.31. The zero-order valence-electron chi connectivity index (χ0n) is 10.4. The van der Waals surface area contributed by atoms with Crippen molar-refractivity contribution in [2.24, 2.45) is 0 Å². The van der Waals surface area contributed by atoms with Crippen LogP contribution in [0.2, 0.25) is 0 Å². The minimum absolute atomic E-state index is 0.259. The second-order valence-corrected chi connectivity index (χ2v) is 5.52. The van der Waals surface area contributed by atoms with Gasteiger partial charge >= 0.3 is 5.97 Å². The number of nitrogens with one attached hydrogen (secondary N) is 1. The van der Waals surface area contributed by atoms with Crippen LogP contribution in [-0.4, -0.2) is 22.5 Å². The molecule has 0 aliphatic carbocycles. The van der Waals surface area contributed by atoms with Gasteiger partial charge in [0.15, 0.2) is 0 Å². The van der Waals surface area contributed by atoms with E-state index in [4.69, 9.17) is 5.11 Å². The van der Waals surface area contributed by atoms with E-state index in [1.807, 2.05) is 24.3 Å². The molecule has 1 aromatic rings. The molecule has 0 unspecified atom stereocenters. The van der Waals surface area contributed by atoms with Crippen molar-refractivity contribution in [1.82, 2.24) is 5.32 Å². The fourth-order valence-corrected chi connectivity index (χ4v) is 1.64. The third kappa shape index (κ3) is 4.49. The average molecular weight is 314 g/mol. The maximum absolute atomic E-state index is 11.6. The Bertz CT molecular complexity index is 440. The Morgan fingerprint density at radius 1 is 1.28 bits per heavy atom. The van der Waals surface area contributed by atoms with E-state index in [0.717, 1.165) is 10.0 Å². The van der Waals surface area contributed by atoms with Crippen LogP contribution in [-0.2, 0) is 16.0 Å². The van der Waals surface area contributed by atoms with E-state index in [-0.39, 0.29) is 12.3 Å². The predicted octanol–water partition coefficient (Wildman–Crippen LogP) is 2.36. The number of benzene rings is 1. The Hall–Kier alpha value is -1.36. The number of carboxylic acid groups (broad SMARTS) is 1. The van der Waals surface area contributed by atoms with E-state index < -0.39 is 11.5 Å². The first kappa shape index (κ1) is 14.7. The van der Waals surface area contributed by atoms with Crippen molar-refractivity contribution in [3.63, 3.8) is 0 Å². The predicted molar refractivity (Wildman–Crippen MR) is 72.3 cm³/mol. The van der Waals surface area contributed by atoms with Crippen LogP contribution < -0.4 is 5.32 Å². The Labute approximate surface area is 115 Å². The Morgan fingerprint density at radius 2 is 1.83 bits per heavy atom. The molecule has 0 atom stereocenters. The maximum atomic E-state index is 11.6. The fraction of sp³-hybridized carbons (Fsp3) is 0.385. The molecule has 1 aromatic carbocycles. The summed E-state index contributed by atoms with van der Waals surface area (Å²) in [6.07, 6.45) is 0.868. The third-order valence-corrected chi connectivity index (χ3v) is 3.07. The molecule has 0 spiro atoms. The van der Waals surface area contributed by atoms with E-state index in [9.17, 15) is 9.59 Å². The van der Waals surface area contributed by atoms with Crippen molar-refractivity contribution in [1.29, 1.82) is 0 Å². The Morgan fingerprint density at radius 3 is 2.33 bits per heavy atom. The topological polar surface area (TPSA) is 66.4 Å². The molecule has 0 heterocycles. The lowest BCUT2D eigenvalue weighted by Gasteiger charge is -2.20. The first-order valence-corrected chi connectivity index (χ1v) is 6.39. The number of hydrogen-bond acceptors (Lipinski definition) is 2. The SMILES string of the molecule is CC(C)(NC(=O)CCc1ccc(Br)cc1)C(=O)O. The van der Waals surface area contributed by atoms with Crippen LogP contribution in [0.5, 0.6) is 0 Å². The van der Waals surface area contributed by atoms with Crippen LogP contribution in [0.1, 0.15) is 25.8 Å². The molecule has 18 heavy (non-hydrogen) atoms. The summed E-state index contributed by atoms with van der Waals surface area (Å²) in [6, 6.07) is 7.68. The van der Waals surface area contributed by atoms with Gasteiger partial charge in [-0.25, -0.2) is 4.79 Å². The number of carbonyl (C=O) groups excluding carboxylic acids is 1. The minimum Gasteiger partial charge on any atom is -0.480 e. The quantitative estimate of drug-likeness (QED) is 0.877. The van der Waals surface area contributed by atoms with Gasteiger partial charge in [-0.1, -0.05) is 28.1 Å². The van der Waals surface area contributed by atoms with Gasteiger partial charge in [-0.15, -0.1) is 0 Å². The van der Waals surface area contributed by atoms with Crippen LogP contribution in [0.4, 0.5) is 0 Å². The van der Waals surface area contributed by atoms with Gasteiger partial charge in [-0.05, 0) is 38.0 Å². The largest absolute Gasteiger partial charge is 0.480 e. The summed E-state index contributed by atoms with van der Waals surface area (Å²) < 4.78 is 0.989. The van der Waals surface area contributed by atoms with E-state index in [1.54, 1.807) is 0 Å². The summed E-state index contributed by atoms with van der Waals surface area (Å²) in [6.45, 7) is 2.93. The van der Waals surface area contributed by atoms with E-state index in [1.165, 1.54) is 13.8 Å². The van der Waals surface area contributed by atoms with Crippen molar-refractivity contribution in [2.75, 3.05) is 0 Å². The number of aliphatic carboxylic acids is 1. The van der Waals surface area contributed by atoms with Crippen molar-refractivity contribution < 1.29 is 14.7 Å². The Kier molecular flexibility index (Phi) is 4.90. The van der Waals surface area contributed by atoms with Gasteiger partial charge in [-0.2, -0.15) is 0 Å². The summed E-state index contributed by atoms with van der Waals surface area (Å²) >= 11 is 3.34. The van der Waals surface area contributed by atoms with Gasteiger partial charge in [0.1, 0.15) is 5.54 Å². The van der Waals surface area contributed by atoms with Gasteiger partial charge in [0.2, 0.25) is 5.91 Å². The molecular formula is C13H16BrNO3. The van der Waals surface area contributed by atoms with Crippen LogP contribution >= 0.6 is 15.9 Å².